The molecule has 0 amide bonds. The predicted molar refractivity (Wildman–Crippen MR) is 77.6 cm³/mol. The number of ether oxygens (including phenoxy) is 1. The largest absolute Gasteiger partial charge is 0.496 e. The summed E-state index contributed by atoms with van der Waals surface area (Å²) in [7, 11) is 1.55. The molecule has 0 saturated heterocycles. The summed E-state index contributed by atoms with van der Waals surface area (Å²) >= 11 is 0. The third-order valence-electron chi connectivity index (χ3n) is 3.24. The van der Waals surface area contributed by atoms with Gasteiger partial charge in [0.1, 0.15) is 17.1 Å². The molecular weight excluding hydrogens is 264 g/mol. The van der Waals surface area contributed by atoms with Gasteiger partial charge in [-0.2, -0.15) is 10.5 Å². The number of nitrogens with zero attached hydrogens (tertiary/aromatic N) is 2. The van der Waals surface area contributed by atoms with E-state index in [2.05, 4.69) is 12.1 Å². The van der Waals surface area contributed by atoms with Crippen molar-refractivity contribution in [2.24, 2.45) is 0 Å². The molecule has 0 radical (unpaired) electrons. The Hall–Kier alpha value is -3.24. The summed E-state index contributed by atoms with van der Waals surface area (Å²) in [5.41, 5.74) is 2.58. The van der Waals surface area contributed by atoms with Gasteiger partial charge in [0, 0.05) is 5.39 Å². The molecule has 1 aromatic heterocycles. The minimum Gasteiger partial charge on any atom is -0.496 e. The van der Waals surface area contributed by atoms with Crippen LogP contribution in [0.3, 0.4) is 0 Å². The molecule has 0 bridgehead atoms. The van der Waals surface area contributed by atoms with E-state index < -0.39 is 0 Å². The maximum Gasteiger partial charge on any atom is 0.139 e. The number of benzene rings is 2. The van der Waals surface area contributed by atoms with Crippen molar-refractivity contribution in [3.8, 4) is 29.2 Å². The molecule has 0 spiro atoms. The van der Waals surface area contributed by atoms with Gasteiger partial charge in [0.05, 0.1) is 35.9 Å². The maximum atomic E-state index is 8.93. The smallest absolute Gasteiger partial charge is 0.139 e. The van der Waals surface area contributed by atoms with Gasteiger partial charge in [0.15, 0.2) is 0 Å². The molecule has 0 unspecified atom stereocenters. The van der Waals surface area contributed by atoms with Crippen molar-refractivity contribution >= 4 is 11.0 Å². The Morgan fingerprint density at radius 1 is 0.952 bits per heavy atom. The third-order valence-corrected chi connectivity index (χ3v) is 3.24. The first kappa shape index (κ1) is 12.8. The lowest BCUT2D eigenvalue weighted by atomic mass is 10.1. The van der Waals surface area contributed by atoms with Crippen molar-refractivity contribution in [2.75, 3.05) is 7.11 Å². The molecule has 0 fully saturated rings. The summed E-state index contributed by atoms with van der Waals surface area (Å²) in [5.74, 6) is 1.22. The Morgan fingerprint density at radius 2 is 1.67 bits per heavy atom. The van der Waals surface area contributed by atoms with Crippen LogP contribution in [0.5, 0.6) is 5.75 Å². The van der Waals surface area contributed by atoms with Crippen molar-refractivity contribution in [2.45, 2.75) is 0 Å². The minimum absolute atomic E-state index is 0.526. The average molecular weight is 274 g/mol. The zero-order valence-corrected chi connectivity index (χ0v) is 11.3. The van der Waals surface area contributed by atoms with Crippen LogP contribution < -0.4 is 4.74 Å². The summed E-state index contributed by atoms with van der Waals surface area (Å²) in [6, 6.07) is 16.5. The van der Waals surface area contributed by atoms with E-state index in [0.29, 0.717) is 28.2 Å². The number of furan rings is 1. The molecule has 4 heteroatoms. The van der Waals surface area contributed by atoms with Crippen LogP contribution in [0.2, 0.25) is 0 Å². The highest BCUT2D eigenvalue weighted by Gasteiger charge is 2.12. The first-order chi connectivity index (χ1) is 10.2. The van der Waals surface area contributed by atoms with E-state index in [9.17, 15) is 0 Å². The van der Waals surface area contributed by atoms with Gasteiger partial charge in [-0.05, 0) is 42.5 Å². The Bertz CT molecular complexity index is 911. The molecule has 100 valence electrons. The molecule has 3 aromatic rings. The number of hydrogen-bond donors (Lipinski definition) is 0. The zero-order chi connectivity index (χ0) is 14.8. The van der Waals surface area contributed by atoms with Crippen molar-refractivity contribution < 1.29 is 9.15 Å². The third kappa shape index (κ3) is 2.20. The van der Waals surface area contributed by atoms with Crippen LogP contribution in [-0.4, -0.2) is 7.11 Å². The fourth-order valence-corrected chi connectivity index (χ4v) is 2.21. The van der Waals surface area contributed by atoms with E-state index >= 15 is 0 Å². The molecule has 0 N–H and O–H groups in total. The Labute approximate surface area is 121 Å². The van der Waals surface area contributed by atoms with Crippen LogP contribution in [-0.2, 0) is 0 Å². The molecule has 21 heavy (non-hydrogen) atoms. The molecule has 0 atom stereocenters. The normalized spacial score (nSPS) is 10.0. The number of methoxy groups -OCH3 is 1. The van der Waals surface area contributed by atoms with Gasteiger partial charge in [-0.25, -0.2) is 0 Å². The van der Waals surface area contributed by atoms with E-state index in [1.807, 2.05) is 6.07 Å². The Morgan fingerprint density at radius 3 is 2.38 bits per heavy atom. The van der Waals surface area contributed by atoms with Gasteiger partial charge < -0.3 is 9.15 Å². The van der Waals surface area contributed by atoms with Crippen molar-refractivity contribution in [3.63, 3.8) is 0 Å². The number of fused-ring (bicyclic) bond motifs is 1. The summed E-state index contributed by atoms with van der Waals surface area (Å²) in [6.07, 6.45) is 0. The van der Waals surface area contributed by atoms with Crippen molar-refractivity contribution in [1.82, 2.24) is 0 Å². The predicted octanol–water partition coefficient (Wildman–Crippen LogP) is 3.85. The second kappa shape index (κ2) is 5.03. The van der Waals surface area contributed by atoms with Crippen LogP contribution in [0.4, 0.5) is 0 Å². The lowest BCUT2D eigenvalue weighted by molar-refractivity contribution is 0.415. The van der Waals surface area contributed by atoms with E-state index in [0.717, 1.165) is 10.9 Å². The molecule has 3 rings (SSSR count). The lowest BCUT2D eigenvalue weighted by Gasteiger charge is -2.05. The van der Waals surface area contributed by atoms with E-state index in [-0.39, 0.29) is 0 Å². The minimum atomic E-state index is 0.526. The summed E-state index contributed by atoms with van der Waals surface area (Å²) in [6.45, 7) is 0. The SMILES string of the molecule is COc1cc(C#N)ccc1-c1cc2cc(C#N)ccc2o1. The standard InChI is InChI=1S/C17H10N2O2/c1-20-16-7-12(10-19)2-4-14(16)17-8-13-6-11(9-18)3-5-15(13)21-17/h2-8H,1H3. The highest BCUT2D eigenvalue weighted by atomic mass is 16.5. The van der Waals surface area contributed by atoms with Gasteiger partial charge in [0.25, 0.3) is 0 Å². The number of hydrogen-bond acceptors (Lipinski definition) is 4. The average Bonchev–Trinajstić information content (AvgIpc) is 2.96. The van der Waals surface area contributed by atoms with Gasteiger partial charge in [-0.15, -0.1) is 0 Å². The van der Waals surface area contributed by atoms with Crippen LogP contribution in [0, 0.1) is 22.7 Å². The van der Waals surface area contributed by atoms with Crippen LogP contribution in [0.15, 0.2) is 46.9 Å². The second-order valence-corrected chi connectivity index (χ2v) is 4.50. The molecular formula is C17H10N2O2. The van der Waals surface area contributed by atoms with Crippen molar-refractivity contribution in [1.29, 1.82) is 10.5 Å². The molecule has 4 nitrogen and oxygen atoms in total. The first-order valence-electron chi connectivity index (χ1n) is 6.27. The van der Waals surface area contributed by atoms with E-state index in [1.54, 1.807) is 43.5 Å². The summed E-state index contributed by atoms with van der Waals surface area (Å²) in [5, 5.41) is 18.7. The van der Waals surface area contributed by atoms with Crippen molar-refractivity contribution in [3.05, 3.63) is 53.6 Å². The fourth-order valence-electron chi connectivity index (χ4n) is 2.21. The van der Waals surface area contributed by atoms with Crippen LogP contribution in [0.25, 0.3) is 22.3 Å². The van der Waals surface area contributed by atoms with Gasteiger partial charge in [0.2, 0.25) is 0 Å². The summed E-state index contributed by atoms with van der Waals surface area (Å²) < 4.78 is 11.1. The second-order valence-electron chi connectivity index (χ2n) is 4.50. The van der Waals surface area contributed by atoms with Crippen LogP contribution >= 0.6 is 0 Å². The van der Waals surface area contributed by atoms with Gasteiger partial charge in [-0.1, -0.05) is 0 Å². The molecule has 0 saturated carbocycles. The van der Waals surface area contributed by atoms with Crippen LogP contribution in [0.1, 0.15) is 11.1 Å². The van der Waals surface area contributed by atoms with Gasteiger partial charge >= 0.3 is 0 Å². The highest BCUT2D eigenvalue weighted by molar-refractivity contribution is 5.85. The first-order valence-corrected chi connectivity index (χ1v) is 6.27. The molecule has 0 aliphatic heterocycles. The topological polar surface area (TPSA) is 69.9 Å². The molecule has 1 heterocycles. The van der Waals surface area contributed by atoms with Gasteiger partial charge in [-0.3, -0.25) is 0 Å². The Kier molecular flexibility index (Phi) is 3.06. The number of nitriles is 2. The molecule has 0 aliphatic rings. The lowest BCUT2D eigenvalue weighted by Crippen LogP contribution is -1.88. The summed E-state index contributed by atoms with van der Waals surface area (Å²) in [4.78, 5) is 0. The maximum absolute atomic E-state index is 8.93. The number of rotatable bonds is 2. The Balaban J connectivity index is 2.17. The quantitative estimate of drug-likeness (QED) is 0.711. The zero-order valence-electron chi connectivity index (χ0n) is 11.3. The monoisotopic (exact) mass is 274 g/mol. The van der Waals surface area contributed by atoms with E-state index in [4.69, 9.17) is 19.7 Å². The fraction of sp³-hybridized carbons (Fsp3) is 0.0588. The van der Waals surface area contributed by atoms with E-state index in [1.165, 1.54) is 0 Å². The highest BCUT2D eigenvalue weighted by Crippen LogP contribution is 2.34. The molecule has 0 aliphatic carbocycles. The molecule has 2 aromatic carbocycles.